The quantitative estimate of drug-likeness (QED) is 0.603. The third-order valence-electron chi connectivity index (χ3n) is 6.46. The minimum atomic E-state index is -0.464. The van der Waals surface area contributed by atoms with E-state index in [1.807, 2.05) is 31.2 Å². The van der Waals surface area contributed by atoms with Crippen molar-refractivity contribution < 1.29 is 13.9 Å². The number of ether oxygens (including phenoxy) is 1. The van der Waals surface area contributed by atoms with Gasteiger partial charge in [-0.15, -0.1) is 0 Å². The van der Waals surface area contributed by atoms with Crippen LogP contribution in [0, 0.1) is 6.92 Å². The third kappa shape index (κ3) is 3.37. The molecule has 5 nitrogen and oxygen atoms in total. The minimum absolute atomic E-state index is 0.0116. The van der Waals surface area contributed by atoms with Gasteiger partial charge in [-0.1, -0.05) is 49.7 Å². The van der Waals surface area contributed by atoms with Gasteiger partial charge in [0.1, 0.15) is 5.58 Å². The van der Waals surface area contributed by atoms with Crippen LogP contribution in [-0.2, 0) is 4.74 Å². The third-order valence-corrected chi connectivity index (χ3v) is 6.46. The van der Waals surface area contributed by atoms with Gasteiger partial charge in [0.15, 0.2) is 5.43 Å². The standard InChI is InChI=1S/C26H27NO4/c1-15(2)17-7-9-18(10-8-17)23-22-24(28)20-13-16(3)6-11-21(20)31-25(22)26(29)27(23)14-19-5-4-12-30-19/h6-11,13,15,19,23H,4-5,12,14H2,1-3H3/t19-,23-/m0/s1. The molecule has 0 radical (unpaired) electrons. The summed E-state index contributed by atoms with van der Waals surface area (Å²) >= 11 is 0. The van der Waals surface area contributed by atoms with Gasteiger partial charge in [0.2, 0.25) is 5.76 Å². The molecule has 3 heterocycles. The molecule has 31 heavy (non-hydrogen) atoms. The molecular weight excluding hydrogens is 390 g/mol. The van der Waals surface area contributed by atoms with Gasteiger partial charge >= 0.3 is 0 Å². The van der Waals surface area contributed by atoms with Crippen molar-refractivity contribution in [2.24, 2.45) is 0 Å². The van der Waals surface area contributed by atoms with Gasteiger partial charge in [-0.25, -0.2) is 0 Å². The van der Waals surface area contributed by atoms with Crippen molar-refractivity contribution in [1.29, 1.82) is 0 Å². The largest absolute Gasteiger partial charge is 0.450 e. The van der Waals surface area contributed by atoms with Crippen molar-refractivity contribution in [2.75, 3.05) is 13.2 Å². The maximum absolute atomic E-state index is 13.6. The van der Waals surface area contributed by atoms with Gasteiger partial charge in [-0.05, 0) is 48.9 Å². The smallest absolute Gasteiger partial charge is 0.291 e. The van der Waals surface area contributed by atoms with E-state index in [2.05, 4.69) is 26.0 Å². The Labute approximate surface area is 181 Å². The Balaban J connectivity index is 1.68. The van der Waals surface area contributed by atoms with E-state index >= 15 is 0 Å². The first-order chi connectivity index (χ1) is 14.9. The lowest BCUT2D eigenvalue weighted by atomic mass is 9.95. The number of carbonyl (C=O) groups is 1. The van der Waals surface area contributed by atoms with Crippen LogP contribution in [0.25, 0.3) is 11.0 Å². The van der Waals surface area contributed by atoms with Crippen molar-refractivity contribution in [3.8, 4) is 0 Å². The van der Waals surface area contributed by atoms with E-state index < -0.39 is 6.04 Å². The summed E-state index contributed by atoms with van der Waals surface area (Å²) in [6.07, 6.45) is 1.90. The number of hydrogen-bond donors (Lipinski definition) is 0. The van der Waals surface area contributed by atoms with Crippen molar-refractivity contribution >= 4 is 16.9 Å². The Kier molecular flexibility index (Phi) is 4.94. The van der Waals surface area contributed by atoms with Crippen molar-refractivity contribution in [2.45, 2.75) is 51.7 Å². The molecule has 0 unspecified atom stereocenters. The summed E-state index contributed by atoms with van der Waals surface area (Å²) in [5, 5.41) is 0.523. The van der Waals surface area contributed by atoms with E-state index in [-0.39, 0.29) is 23.2 Å². The van der Waals surface area contributed by atoms with Gasteiger partial charge in [0.05, 0.1) is 23.1 Å². The average Bonchev–Trinajstić information content (AvgIpc) is 3.36. The molecule has 0 aliphatic carbocycles. The number of carbonyl (C=O) groups excluding carboxylic acids is 1. The summed E-state index contributed by atoms with van der Waals surface area (Å²) in [6.45, 7) is 7.41. The highest BCUT2D eigenvalue weighted by molar-refractivity contribution is 5.99. The average molecular weight is 418 g/mol. The highest BCUT2D eigenvalue weighted by atomic mass is 16.5. The molecule has 160 valence electrons. The summed E-state index contributed by atoms with van der Waals surface area (Å²) in [7, 11) is 0. The zero-order valence-electron chi connectivity index (χ0n) is 18.2. The van der Waals surface area contributed by atoms with E-state index in [0.717, 1.165) is 24.0 Å². The van der Waals surface area contributed by atoms with Gasteiger partial charge in [0, 0.05) is 13.2 Å². The summed E-state index contributed by atoms with van der Waals surface area (Å²) in [6, 6.07) is 13.3. The van der Waals surface area contributed by atoms with E-state index in [1.54, 1.807) is 11.0 Å². The Morgan fingerprint density at radius 3 is 2.55 bits per heavy atom. The Hall–Kier alpha value is -2.92. The number of rotatable bonds is 4. The van der Waals surface area contributed by atoms with Crippen LogP contribution in [0.15, 0.2) is 51.7 Å². The molecular formula is C26H27NO4. The first-order valence-corrected chi connectivity index (χ1v) is 11.0. The van der Waals surface area contributed by atoms with E-state index in [4.69, 9.17) is 9.15 Å². The maximum Gasteiger partial charge on any atom is 0.291 e. The fraction of sp³-hybridized carbons (Fsp3) is 0.385. The monoisotopic (exact) mass is 417 g/mol. The van der Waals surface area contributed by atoms with Crippen LogP contribution in [0.2, 0.25) is 0 Å². The molecule has 0 bridgehead atoms. The molecule has 2 aliphatic rings. The number of nitrogens with zero attached hydrogens (tertiary/aromatic N) is 1. The first kappa shape index (κ1) is 20.0. The fourth-order valence-corrected chi connectivity index (χ4v) is 4.74. The van der Waals surface area contributed by atoms with E-state index in [1.165, 1.54) is 5.56 Å². The van der Waals surface area contributed by atoms with Gasteiger partial charge in [0.25, 0.3) is 5.91 Å². The van der Waals surface area contributed by atoms with Crippen molar-refractivity contribution in [1.82, 2.24) is 4.90 Å². The molecule has 0 spiro atoms. The highest BCUT2D eigenvalue weighted by Crippen LogP contribution is 2.39. The lowest BCUT2D eigenvalue weighted by Crippen LogP contribution is -2.36. The number of amides is 1. The van der Waals surface area contributed by atoms with Crippen LogP contribution in [0.5, 0.6) is 0 Å². The van der Waals surface area contributed by atoms with Gasteiger partial charge < -0.3 is 14.1 Å². The van der Waals surface area contributed by atoms with Gasteiger partial charge in [-0.2, -0.15) is 0 Å². The molecule has 5 heteroatoms. The zero-order valence-corrected chi connectivity index (χ0v) is 18.2. The topological polar surface area (TPSA) is 59.8 Å². The van der Waals surface area contributed by atoms with Crippen LogP contribution in [-0.4, -0.2) is 30.1 Å². The lowest BCUT2D eigenvalue weighted by Gasteiger charge is -2.27. The Morgan fingerprint density at radius 1 is 1.10 bits per heavy atom. The van der Waals surface area contributed by atoms with Gasteiger partial charge in [-0.3, -0.25) is 9.59 Å². The van der Waals surface area contributed by atoms with E-state index in [9.17, 15) is 9.59 Å². The van der Waals surface area contributed by atoms with Crippen LogP contribution in [0.4, 0.5) is 0 Å². The molecule has 2 aliphatic heterocycles. The first-order valence-electron chi connectivity index (χ1n) is 11.0. The number of benzene rings is 2. The molecule has 5 rings (SSSR count). The molecule has 0 saturated carbocycles. The maximum atomic E-state index is 13.6. The Bertz CT molecular complexity index is 1200. The van der Waals surface area contributed by atoms with E-state index in [0.29, 0.717) is 35.6 Å². The predicted octanol–water partition coefficient (Wildman–Crippen LogP) is 4.95. The second-order valence-electron chi connectivity index (χ2n) is 8.99. The zero-order chi connectivity index (χ0) is 21.7. The fourth-order valence-electron chi connectivity index (χ4n) is 4.74. The van der Waals surface area contributed by atoms with Crippen LogP contribution >= 0.6 is 0 Å². The second-order valence-corrected chi connectivity index (χ2v) is 8.99. The van der Waals surface area contributed by atoms with Crippen LogP contribution in [0.1, 0.15) is 71.5 Å². The molecule has 1 aromatic heterocycles. The summed E-state index contributed by atoms with van der Waals surface area (Å²) < 4.78 is 11.8. The molecule has 3 aromatic rings. The Morgan fingerprint density at radius 2 is 1.87 bits per heavy atom. The van der Waals surface area contributed by atoms with Crippen LogP contribution in [0.3, 0.4) is 0 Å². The molecule has 0 N–H and O–H groups in total. The molecule has 2 atom stereocenters. The summed E-state index contributed by atoms with van der Waals surface area (Å²) in [4.78, 5) is 28.8. The number of aryl methyl sites for hydroxylation is 1. The number of fused-ring (bicyclic) bond motifs is 2. The number of hydrogen-bond acceptors (Lipinski definition) is 4. The summed E-state index contributed by atoms with van der Waals surface area (Å²) in [5.74, 6) is 0.340. The molecule has 1 amide bonds. The van der Waals surface area contributed by atoms with Crippen molar-refractivity contribution in [3.05, 3.63) is 80.7 Å². The normalized spacial score (nSPS) is 20.8. The molecule has 1 saturated heterocycles. The van der Waals surface area contributed by atoms with Crippen LogP contribution < -0.4 is 5.43 Å². The second kappa shape index (κ2) is 7.65. The highest BCUT2D eigenvalue weighted by Gasteiger charge is 2.43. The molecule has 2 aromatic carbocycles. The lowest BCUT2D eigenvalue weighted by molar-refractivity contribution is 0.0486. The SMILES string of the molecule is Cc1ccc2oc3c(c(=O)c2c1)[C@H](c1ccc(C(C)C)cc1)N(C[C@@H]1CCCO1)C3=O. The molecule has 1 fully saturated rings. The minimum Gasteiger partial charge on any atom is -0.450 e. The van der Waals surface area contributed by atoms with Crippen molar-refractivity contribution in [3.63, 3.8) is 0 Å². The predicted molar refractivity (Wildman–Crippen MR) is 120 cm³/mol. The summed E-state index contributed by atoms with van der Waals surface area (Å²) in [5.41, 5.74) is 3.90.